The van der Waals surface area contributed by atoms with Crippen molar-refractivity contribution in [2.24, 2.45) is 0 Å². The van der Waals surface area contributed by atoms with Gasteiger partial charge in [0.25, 0.3) is 0 Å². The number of nitrogens with two attached hydrogens (primary N) is 1. The number of aromatic nitrogens is 2. The molecule has 1 saturated carbocycles. The number of ether oxygens (including phenoxy) is 1. The zero-order valence-electron chi connectivity index (χ0n) is 22.2. The van der Waals surface area contributed by atoms with Crippen molar-refractivity contribution in [2.75, 3.05) is 37.4 Å². The fourth-order valence-corrected chi connectivity index (χ4v) is 7.77. The second kappa shape index (κ2) is 9.61. The van der Waals surface area contributed by atoms with Crippen molar-refractivity contribution >= 4 is 54.7 Å². The number of benzene rings is 2. The lowest BCUT2D eigenvalue weighted by Crippen LogP contribution is -2.43. The van der Waals surface area contributed by atoms with Crippen molar-refractivity contribution in [1.82, 2.24) is 14.9 Å². The summed E-state index contributed by atoms with van der Waals surface area (Å²) in [4.78, 5) is 13.3. The molecule has 2 aromatic carbocycles. The molecule has 12 heteroatoms. The van der Waals surface area contributed by atoms with Crippen LogP contribution < -0.4 is 15.4 Å². The van der Waals surface area contributed by atoms with E-state index in [9.17, 15) is 14.0 Å². The molecule has 7 rings (SSSR count). The van der Waals surface area contributed by atoms with Gasteiger partial charge in [-0.25, -0.2) is 13.2 Å². The molecule has 3 fully saturated rings. The second-order valence-corrected chi connectivity index (χ2v) is 12.7. The fourth-order valence-electron chi connectivity index (χ4n) is 6.53. The van der Waals surface area contributed by atoms with Crippen LogP contribution in [-0.2, 0) is 0 Å². The van der Waals surface area contributed by atoms with Gasteiger partial charge in [0.2, 0.25) is 0 Å². The normalized spacial score (nSPS) is 22.4. The molecule has 0 spiro atoms. The number of hydrogen-bond donors (Lipinski definition) is 1. The van der Waals surface area contributed by atoms with E-state index in [2.05, 4.69) is 14.9 Å². The molecule has 7 nitrogen and oxygen atoms in total. The third kappa shape index (κ3) is 4.18. The van der Waals surface area contributed by atoms with Crippen LogP contribution in [0.15, 0.2) is 18.2 Å². The molecule has 0 amide bonds. The number of nitrogen functional groups attached to an aromatic ring is 1. The van der Waals surface area contributed by atoms with Crippen molar-refractivity contribution in [2.45, 2.75) is 49.9 Å². The van der Waals surface area contributed by atoms with E-state index >= 15 is 4.39 Å². The van der Waals surface area contributed by atoms with Crippen molar-refractivity contribution in [3.63, 3.8) is 0 Å². The molecule has 1 aliphatic carbocycles. The van der Waals surface area contributed by atoms with Crippen LogP contribution in [0.3, 0.4) is 0 Å². The first-order valence-electron chi connectivity index (χ1n) is 13.6. The third-order valence-electron chi connectivity index (χ3n) is 8.70. The summed E-state index contributed by atoms with van der Waals surface area (Å²) in [5, 5.41) is 10.6. The monoisotopic (exact) mass is 598 g/mol. The van der Waals surface area contributed by atoms with Gasteiger partial charge in [0.05, 0.1) is 20.8 Å². The lowest BCUT2D eigenvalue weighted by molar-refractivity contribution is 0.107. The van der Waals surface area contributed by atoms with Gasteiger partial charge in [-0.1, -0.05) is 17.7 Å². The number of halogens is 4. The van der Waals surface area contributed by atoms with E-state index in [4.69, 9.17) is 22.1 Å². The van der Waals surface area contributed by atoms with Crippen molar-refractivity contribution < 1.29 is 17.9 Å². The van der Waals surface area contributed by atoms with Gasteiger partial charge in [0, 0.05) is 42.4 Å². The summed E-state index contributed by atoms with van der Waals surface area (Å²) in [6, 6.07) is 6.48. The zero-order valence-corrected chi connectivity index (χ0v) is 23.8. The van der Waals surface area contributed by atoms with Gasteiger partial charge in [-0.05, 0) is 49.9 Å². The zero-order chi connectivity index (χ0) is 28.6. The van der Waals surface area contributed by atoms with Gasteiger partial charge in [-0.3, -0.25) is 4.90 Å². The van der Waals surface area contributed by atoms with Gasteiger partial charge in [0.1, 0.15) is 41.0 Å². The molecule has 3 aliphatic rings. The van der Waals surface area contributed by atoms with E-state index in [1.807, 2.05) is 18.0 Å². The average molecular weight is 599 g/mol. The molecule has 4 aromatic rings. The number of thiophene rings is 1. The van der Waals surface area contributed by atoms with E-state index in [0.717, 1.165) is 43.6 Å². The van der Waals surface area contributed by atoms with Crippen LogP contribution in [0.25, 0.3) is 32.1 Å². The first kappa shape index (κ1) is 26.6. The molecular weight excluding hydrogens is 573 g/mol. The van der Waals surface area contributed by atoms with Gasteiger partial charge in [-0.2, -0.15) is 15.2 Å². The van der Waals surface area contributed by atoms with Gasteiger partial charge in [-0.15, -0.1) is 11.3 Å². The van der Waals surface area contributed by atoms with Crippen molar-refractivity contribution in [3.05, 3.63) is 40.4 Å². The van der Waals surface area contributed by atoms with Crippen molar-refractivity contribution in [1.29, 1.82) is 5.26 Å². The summed E-state index contributed by atoms with van der Waals surface area (Å²) in [7, 11) is 1.89. The maximum Gasteiger partial charge on any atom is 0.319 e. The minimum Gasteiger partial charge on any atom is -0.461 e. The number of nitrogens with zero attached hydrogens (tertiary/aromatic N) is 5. The molecule has 2 aromatic heterocycles. The predicted molar refractivity (Wildman–Crippen MR) is 154 cm³/mol. The van der Waals surface area contributed by atoms with Crippen LogP contribution in [0.5, 0.6) is 6.01 Å². The number of rotatable bonds is 6. The minimum atomic E-state index is -0.910. The van der Waals surface area contributed by atoms with Gasteiger partial charge in [0.15, 0.2) is 5.82 Å². The number of nitriles is 1. The minimum absolute atomic E-state index is 0.00236. The molecule has 212 valence electrons. The number of fused-ring (bicyclic) bond motifs is 3. The highest BCUT2D eigenvalue weighted by Crippen LogP contribution is 2.46. The van der Waals surface area contributed by atoms with Crippen LogP contribution >= 0.6 is 22.9 Å². The van der Waals surface area contributed by atoms with E-state index in [1.165, 1.54) is 12.1 Å². The Hall–Kier alpha value is -3.33. The maximum absolute atomic E-state index is 16.6. The Morgan fingerprint density at radius 3 is 2.88 bits per heavy atom. The highest BCUT2D eigenvalue weighted by atomic mass is 35.5. The number of anilines is 2. The SMILES string of the molecule is CN(c1nc(OC[C@@]23CCCN2C[C@H](F)C3)nc2c(F)c(-c3ccc(F)c4sc(N)c(C#N)c34)c(Cl)cc12)C1CC1. The Morgan fingerprint density at radius 1 is 1.32 bits per heavy atom. The van der Waals surface area contributed by atoms with Crippen LogP contribution in [0.2, 0.25) is 5.02 Å². The fraction of sp³-hybridized carbons (Fsp3) is 0.414. The van der Waals surface area contributed by atoms with Gasteiger partial charge >= 0.3 is 6.01 Å². The Morgan fingerprint density at radius 2 is 2.12 bits per heavy atom. The topological polar surface area (TPSA) is 91.3 Å². The first-order chi connectivity index (χ1) is 19.7. The summed E-state index contributed by atoms with van der Waals surface area (Å²) in [6.07, 6.45) is 3.21. The highest BCUT2D eigenvalue weighted by molar-refractivity contribution is 7.23. The molecule has 0 bridgehead atoms. The molecule has 0 unspecified atom stereocenters. The summed E-state index contributed by atoms with van der Waals surface area (Å²) in [5.74, 6) is -0.817. The highest BCUT2D eigenvalue weighted by Gasteiger charge is 2.49. The summed E-state index contributed by atoms with van der Waals surface area (Å²) in [6.45, 7) is 1.41. The Kier molecular flexibility index (Phi) is 6.23. The van der Waals surface area contributed by atoms with E-state index in [-0.39, 0.29) is 61.0 Å². The summed E-state index contributed by atoms with van der Waals surface area (Å²) < 4.78 is 52.0. The molecular formula is C29H26ClF3N6OS. The lowest BCUT2D eigenvalue weighted by atomic mass is 9.95. The third-order valence-corrected chi connectivity index (χ3v) is 10.0. The average Bonchev–Trinajstić information content (AvgIpc) is 3.54. The molecule has 0 radical (unpaired) electrons. The molecule has 2 saturated heterocycles. The molecule has 4 heterocycles. The summed E-state index contributed by atoms with van der Waals surface area (Å²) in [5.41, 5.74) is 5.89. The van der Waals surface area contributed by atoms with Crippen LogP contribution in [0.4, 0.5) is 24.0 Å². The quantitative estimate of drug-likeness (QED) is 0.273. The second-order valence-electron chi connectivity index (χ2n) is 11.2. The standard InChI is InChI=1S/C29H26ClF3N6OS/c1-38(15-3-4-15)27-17-9-19(30)22(16-5-6-20(32)25-21(16)18(11-34)26(35)41-25)23(33)24(17)36-28(37-27)40-13-29-7-2-8-39(29)12-14(31)10-29/h5-6,9,14-15H,2-4,7-8,10,12-13,35H2,1H3/t14-,29+/m1/s1. The lowest BCUT2D eigenvalue weighted by Gasteiger charge is -2.31. The van der Waals surface area contributed by atoms with E-state index in [0.29, 0.717) is 24.2 Å². The van der Waals surface area contributed by atoms with Crippen LogP contribution in [0.1, 0.15) is 37.7 Å². The maximum atomic E-state index is 16.6. The Bertz CT molecular complexity index is 1770. The number of alkyl halides is 1. The van der Waals surface area contributed by atoms with Crippen LogP contribution in [-0.4, -0.2) is 59.4 Å². The van der Waals surface area contributed by atoms with Gasteiger partial charge < -0.3 is 15.4 Å². The smallest absolute Gasteiger partial charge is 0.319 e. The van der Waals surface area contributed by atoms with E-state index in [1.54, 1.807) is 6.07 Å². The number of hydrogen-bond acceptors (Lipinski definition) is 8. The predicted octanol–water partition coefficient (Wildman–Crippen LogP) is 6.45. The molecule has 2 N–H and O–H groups in total. The Labute approximate surface area is 243 Å². The molecule has 2 aliphatic heterocycles. The van der Waals surface area contributed by atoms with Crippen LogP contribution in [0, 0.1) is 23.0 Å². The van der Waals surface area contributed by atoms with Crippen molar-refractivity contribution in [3.8, 4) is 23.2 Å². The Balaban J connectivity index is 1.39. The molecule has 41 heavy (non-hydrogen) atoms. The first-order valence-corrected chi connectivity index (χ1v) is 14.8. The molecule has 2 atom stereocenters. The summed E-state index contributed by atoms with van der Waals surface area (Å²) >= 11 is 7.66. The van der Waals surface area contributed by atoms with E-state index < -0.39 is 23.3 Å². The largest absolute Gasteiger partial charge is 0.461 e.